The summed E-state index contributed by atoms with van der Waals surface area (Å²) < 4.78 is 39.0. The average molecular weight is 370 g/mol. The normalized spacial score (nSPS) is 14.8. The molecule has 1 heterocycles. The Kier molecular flexibility index (Phi) is 4.37. The van der Waals surface area contributed by atoms with E-state index in [-0.39, 0.29) is 5.56 Å². The lowest BCUT2D eigenvalue weighted by Crippen LogP contribution is -2.24. The highest BCUT2D eigenvalue weighted by atomic mass is 32.2. The summed E-state index contributed by atoms with van der Waals surface area (Å²) in [5.41, 5.74) is 0.0278. The number of hydrogen-bond acceptors (Lipinski definition) is 6. The first-order valence-electron chi connectivity index (χ1n) is 7.16. The zero-order valence-electron chi connectivity index (χ0n) is 13.0. The van der Waals surface area contributed by atoms with Gasteiger partial charge in [0.2, 0.25) is 15.2 Å². The van der Waals surface area contributed by atoms with Crippen LogP contribution in [0.5, 0.6) is 0 Å². The summed E-state index contributed by atoms with van der Waals surface area (Å²) in [6.45, 7) is 0. The molecule has 0 unspecified atom stereocenters. The van der Waals surface area contributed by atoms with E-state index in [0.29, 0.717) is 11.0 Å². The molecule has 1 aromatic heterocycles. The van der Waals surface area contributed by atoms with Crippen molar-refractivity contribution in [2.45, 2.75) is 23.7 Å². The molecule has 0 aliphatic heterocycles. The minimum atomic E-state index is -3.98. The Hall–Kier alpha value is -1.91. The SMILES string of the molecule is CN(C)S(=O)(=O)c1cc(C(=O)Nc2nnc(C3CC3)s2)ccc1F. The van der Waals surface area contributed by atoms with Gasteiger partial charge in [-0.15, -0.1) is 10.2 Å². The van der Waals surface area contributed by atoms with Gasteiger partial charge < -0.3 is 0 Å². The Balaban J connectivity index is 1.84. The van der Waals surface area contributed by atoms with Gasteiger partial charge in [0.1, 0.15) is 15.7 Å². The molecule has 1 fully saturated rings. The molecule has 1 amide bonds. The summed E-state index contributed by atoms with van der Waals surface area (Å²) in [6.07, 6.45) is 2.15. The topological polar surface area (TPSA) is 92.3 Å². The highest BCUT2D eigenvalue weighted by Crippen LogP contribution is 2.42. The first kappa shape index (κ1) is 16.9. The van der Waals surface area contributed by atoms with Gasteiger partial charge in [-0.25, -0.2) is 17.1 Å². The Labute approximate surface area is 142 Å². The van der Waals surface area contributed by atoms with Crippen LogP contribution in [-0.4, -0.2) is 42.9 Å². The first-order valence-corrected chi connectivity index (χ1v) is 9.41. The quantitative estimate of drug-likeness (QED) is 0.870. The number of nitrogens with one attached hydrogen (secondary N) is 1. The molecule has 0 spiro atoms. The van der Waals surface area contributed by atoms with Crippen LogP contribution in [0, 0.1) is 5.82 Å². The lowest BCUT2D eigenvalue weighted by Gasteiger charge is -2.13. The number of amides is 1. The fourth-order valence-electron chi connectivity index (χ4n) is 1.99. The monoisotopic (exact) mass is 370 g/mol. The summed E-state index contributed by atoms with van der Waals surface area (Å²) in [7, 11) is -1.39. The molecular formula is C14H15FN4O3S2. The van der Waals surface area contributed by atoms with E-state index >= 15 is 0 Å². The molecule has 1 N–H and O–H groups in total. The van der Waals surface area contributed by atoms with Gasteiger partial charge in [0.05, 0.1) is 0 Å². The predicted octanol–water partition coefficient (Wildman–Crippen LogP) is 2.06. The fraction of sp³-hybridized carbons (Fsp3) is 0.357. The van der Waals surface area contributed by atoms with E-state index in [2.05, 4.69) is 15.5 Å². The third-order valence-electron chi connectivity index (χ3n) is 3.54. The van der Waals surface area contributed by atoms with Crippen molar-refractivity contribution >= 4 is 32.4 Å². The third kappa shape index (κ3) is 3.30. The van der Waals surface area contributed by atoms with Crippen molar-refractivity contribution in [3.63, 3.8) is 0 Å². The van der Waals surface area contributed by atoms with Crippen LogP contribution in [0.1, 0.15) is 34.1 Å². The van der Waals surface area contributed by atoms with E-state index in [1.54, 1.807) is 0 Å². The molecule has 10 heteroatoms. The first-order chi connectivity index (χ1) is 11.3. The van der Waals surface area contributed by atoms with Gasteiger partial charge in [-0.2, -0.15) is 0 Å². The maximum Gasteiger partial charge on any atom is 0.257 e. The van der Waals surface area contributed by atoms with Gasteiger partial charge in [-0.1, -0.05) is 11.3 Å². The second-order valence-corrected chi connectivity index (χ2v) is 8.74. The van der Waals surface area contributed by atoms with Gasteiger partial charge in [0, 0.05) is 25.6 Å². The lowest BCUT2D eigenvalue weighted by atomic mass is 10.2. The van der Waals surface area contributed by atoms with Gasteiger partial charge >= 0.3 is 0 Å². The zero-order chi connectivity index (χ0) is 17.5. The van der Waals surface area contributed by atoms with Crippen LogP contribution in [0.25, 0.3) is 0 Å². The number of anilines is 1. The maximum atomic E-state index is 13.9. The number of rotatable bonds is 5. The number of carbonyl (C=O) groups is 1. The Morgan fingerprint density at radius 1 is 1.33 bits per heavy atom. The van der Waals surface area contributed by atoms with Gasteiger partial charge in [-0.05, 0) is 31.0 Å². The summed E-state index contributed by atoms with van der Waals surface area (Å²) in [4.78, 5) is 11.7. The van der Waals surface area contributed by atoms with E-state index in [9.17, 15) is 17.6 Å². The molecule has 1 aliphatic carbocycles. The Bertz CT molecular complexity index is 891. The van der Waals surface area contributed by atoms with Crippen LogP contribution in [0.4, 0.5) is 9.52 Å². The van der Waals surface area contributed by atoms with Crippen molar-refractivity contribution in [2.24, 2.45) is 0 Å². The van der Waals surface area contributed by atoms with E-state index in [4.69, 9.17) is 0 Å². The minimum Gasteiger partial charge on any atom is -0.296 e. The number of nitrogens with zero attached hydrogens (tertiary/aromatic N) is 3. The average Bonchev–Trinajstić information content (AvgIpc) is 3.27. The second kappa shape index (κ2) is 6.19. The van der Waals surface area contributed by atoms with E-state index in [0.717, 1.165) is 34.3 Å². The third-order valence-corrected chi connectivity index (χ3v) is 6.37. The molecule has 2 aromatic rings. The van der Waals surface area contributed by atoms with Crippen molar-refractivity contribution < 1.29 is 17.6 Å². The minimum absolute atomic E-state index is 0.0278. The molecule has 0 saturated heterocycles. The van der Waals surface area contributed by atoms with E-state index < -0.39 is 26.6 Å². The Morgan fingerprint density at radius 2 is 2.04 bits per heavy atom. The van der Waals surface area contributed by atoms with Crippen molar-refractivity contribution in [3.8, 4) is 0 Å². The molecule has 3 rings (SSSR count). The Morgan fingerprint density at radius 3 is 2.67 bits per heavy atom. The number of carbonyl (C=O) groups excluding carboxylic acids is 1. The summed E-state index contributed by atoms with van der Waals surface area (Å²) in [5, 5.41) is 11.7. The maximum absolute atomic E-state index is 13.9. The number of halogens is 1. The van der Waals surface area contributed by atoms with Crippen LogP contribution in [0.3, 0.4) is 0 Å². The van der Waals surface area contributed by atoms with Crippen LogP contribution in [-0.2, 0) is 10.0 Å². The lowest BCUT2D eigenvalue weighted by molar-refractivity contribution is 0.102. The molecule has 0 radical (unpaired) electrons. The number of sulfonamides is 1. The van der Waals surface area contributed by atoms with Crippen LogP contribution >= 0.6 is 11.3 Å². The standard InChI is InChI=1S/C14H15FN4O3S2/c1-19(2)24(21,22)11-7-9(5-6-10(11)15)12(20)16-14-18-17-13(23-14)8-3-4-8/h5-8H,3-4H2,1-2H3,(H,16,18,20). The number of aromatic nitrogens is 2. The highest BCUT2D eigenvalue weighted by molar-refractivity contribution is 7.89. The van der Waals surface area contributed by atoms with Crippen molar-refractivity contribution in [2.75, 3.05) is 19.4 Å². The van der Waals surface area contributed by atoms with Crippen molar-refractivity contribution in [1.29, 1.82) is 0 Å². The molecule has 128 valence electrons. The summed E-state index contributed by atoms with van der Waals surface area (Å²) in [5.74, 6) is -1.05. The van der Waals surface area contributed by atoms with Gasteiger partial charge in [0.25, 0.3) is 5.91 Å². The fourth-order valence-corrected chi connectivity index (χ4v) is 3.88. The van der Waals surface area contributed by atoms with Crippen molar-refractivity contribution in [1.82, 2.24) is 14.5 Å². The molecule has 1 saturated carbocycles. The summed E-state index contributed by atoms with van der Waals surface area (Å²) in [6, 6.07) is 3.20. The largest absolute Gasteiger partial charge is 0.296 e. The van der Waals surface area contributed by atoms with Crippen LogP contribution in [0.15, 0.2) is 23.1 Å². The van der Waals surface area contributed by atoms with E-state index in [1.165, 1.54) is 31.5 Å². The summed E-state index contributed by atoms with van der Waals surface area (Å²) >= 11 is 1.29. The molecule has 0 bridgehead atoms. The van der Waals surface area contributed by atoms with Crippen LogP contribution in [0.2, 0.25) is 0 Å². The highest BCUT2D eigenvalue weighted by Gasteiger charge is 2.28. The molecule has 0 atom stereocenters. The van der Waals surface area contributed by atoms with Gasteiger partial charge in [0.15, 0.2) is 0 Å². The van der Waals surface area contributed by atoms with Gasteiger partial charge in [-0.3, -0.25) is 10.1 Å². The molecular weight excluding hydrogens is 355 g/mol. The molecule has 24 heavy (non-hydrogen) atoms. The van der Waals surface area contributed by atoms with Crippen LogP contribution < -0.4 is 5.32 Å². The predicted molar refractivity (Wildman–Crippen MR) is 87.1 cm³/mol. The van der Waals surface area contributed by atoms with Crippen molar-refractivity contribution in [3.05, 3.63) is 34.6 Å². The zero-order valence-corrected chi connectivity index (χ0v) is 14.6. The molecule has 1 aliphatic rings. The molecule has 1 aromatic carbocycles. The number of benzene rings is 1. The second-order valence-electron chi connectivity index (χ2n) is 5.61. The van der Waals surface area contributed by atoms with E-state index in [1.807, 2.05) is 0 Å². The number of hydrogen-bond donors (Lipinski definition) is 1. The smallest absolute Gasteiger partial charge is 0.257 e. The molecule has 7 nitrogen and oxygen atoms in total.